The van der Waals surface area contributed by atoms with Crippen LogP contribution in [0.1, 0.15) is 70.8 Å². The number of phenolic OH excluding ortho intramolecular Hbond substituents is 1. The average molecular weight is 588 g/mol. The largest absolute Gasteiger partial charge is 0.508 e. The number of aromatic amines is 1. The van der Waals surface area contributed by atoms with Crippen LogP contribution in [0.4, 0.5) is 0 Å². The van der Waals surface area contributed by atoms with Gasteiger partial charge in [0.15, 0.2) is 6.61 Å². The number of benzene rings is 1. The molecule has 0 radical (unpaired) electrons. The van der Waals surface area contributed by atoms with Crippen molar-refractivity contribution < 1.29 is 29.7 Å². The van der Waals surface area contributed by atoms with Gasteiger partial charge in [-0.05, 0) is 98.3 Å². The van der Waals surface area contributed by atoms with E-state index < -0.39 is 23.5 Å². The van der Waals surface area contributed by atoms with Crippen molar-refractivity contribution in [2.75, 3.05) is 6.61 Å². The summed E-state index contributed by atoms with van der Waals surface area (Å²) in [6, 6.07) is 3.68. The van der Waals surface area contributed by atoms with Crippen molar-refractivity contribution in [3.8, 4) is 18.1 Å². The number of carboxylic acids is 1. The Morgan fingerprint density at radius 3 is 2.74 bits per heavy atom. The Morgan fingerprint density at radius 2 is 1.98 bits per heavy atom. The maximum Gasteiger partial charge on any atom is 0.326 e. The third kappa shape index (κ3) is 4.90. The molecule has 3 saturated carbocycles. The standard InChI is InChI=1S/C34H41N3O6/c1-4-34(42)14-11-27-25-7-5-21-16-22(9-12-32(21,2)26(25)10-13-33(27,34)3)37-43-19-30(39)36-29(31(40)41)15-20-18-35-28-17-23(38)6-8-24(20)28/h1,6,8,16-18,25-27,29,35,38,42H,5,7,9-15,19H2,2-3H3,(H,36,39)(H,40,41)/b37-22+/t25-,26+,27+,29-,32+,33+,34+/m1/s1. The Bertz CT molecular complexity index is 1550. The van der Waals surface area contributed by atoms with Gasteiger partial charge in [-0.1, -0.05) is 30.5 Å². The van der Waals surface area contributed by atoms with Gasteiger partial charge in [0, 0.05) is 35.0 Å². The van der Waals surface area contributed by atoms with Gasteiger partial charge in [-0.15, -0.1) is 6.42 Å². The quantitative estimate of drug-likeness (QED) is 0.235. The number of phenols is 1. The summed E-state index contributed by atoms with van der Waals surface area (Å²) in [7, 11) is 0. The highest BCUT2D eigenvalue weighted by Gasteiger charge is 2.63. The molecule has 2 aromatic rings. The number of carbonyl (C=O) groups excluding carboxylic acids is 1. The second-order valence-corrected chi connectivity index (χ2v) is 13.6. The van der Waals surface area contributed by atoms with Crippen LogP contribution in [-0.4, -0.2) is 56.1 Å². The molecular weight excluding hydrogens is 546 g/mol. The fourth-order valence-corrected chi connectivity index (χ4v) is 9.07. The van der Waals surface area contributed by atoms with Gasteiger partial charge < -0.3 is 30.5 Å². The first-order valence-electron chi connectivity index (χ1n) is 15.4. The van der Waals surface area contributed by atoms with Crippen molar-refractivity contribution in [3.63, 3.8) is 0 Å². The summed E-state index contributed by atoms with van der Waals surface area (Å²) in [6.45, 7) is 4.22. The number of aromatic nitrogens is 1. The summed E-state index contributed by atoms with van der Waals surface area (Å²) in [5, 5.41) is 38.2. The molecule has 228 valence electrons. The van der Waals surface area contributed by atoms with E-state index >= 15 is 0 Å². The summed E-state index contributed by atoms with van der Waals surface area (Å²) in [6.07, 6.45) is 17.2. The van der Waals surface area contributed by atoms with Gasteiger partial charge in [-0.2, -0.15) is 0 Å². The van der Waals surface area contributed by atoms with Crippen molar-refractivity contribution in [3.05, 3.63) is 41.6 Å². The number of carboxylic acid groups (broad SMARTS) is 1. The van der Waals surface area contributed by atoms with Crippen LogP contribution in [0.5, 0.6) is 5.75 Å². The summed E-state index contributed by atoms with van der Waals surface area (Å²) in [5.74, 6) is 2.71. The van der Waals surface area contributed by atoms with E-state index in [1.807, 2.05) is 0 Å². The smallest absolute Gasteiger partial charge is 0.326 e. The minimum Gasteiger partial charge on any atom is -0.508 e. The lowest BCUT2D eigenvalue weighted by atomic mass is 9.46. The van der Waals surface area contributed by atoms with Gasteiger partial charge in [0.1, 0.15) is 17.4 Å². The molecule has 0 aliphatic heterocycles. The minimum atomic E-state index is -1.15. The van der Waals surface area contributed by atoms with E-state index in [0.29, 0.717) is 29.7 Å². The normalized spacial score (nSPS) is 34.8. The van der Waals surface area contributed by atoms with Gasteiger partial charge >= 0.3 is 5.97 Å². The van der Waals surface area contributed by atoms with Gasteiger partial charge in [-0.3, -0.25) is 4.79 Å². The van der Waals surface area contributed by atoms with Crippen molar-refractivity contribution in [1.82, 2.24) is 10.3 Å². The molecule has 0 spiro atoms. The van der Waals surface area contributed by atoms with Crippen LogP contribution in [0.25, 0.3) is 10.9 Å². The second kappa shape index (κ2) is 10.7. The molecule has 4 aliphatic rings. The molecule has 9 heteroatoms. The number of hydrogen-bond acceptors (Lipinski definition) is 6. The highest BCUT2D eigenvalue weighted by Crippen LogP contribution is 2.67. The lowest BCUT2D eigenvalue weighted by Crippen LogP contribution is -2.54. The van der Waals surface area contributed by atoms with E-state index in [2.05, 4.69) is 41.3 Å². The fraction of sp³-hybridized carbons (Fsp3) is 0.559. The third-order valence-electron chi connectivity index (χ3n) is 11.6. The maximum absolute atomic E-state index is 12.6. The summed E-state index contributed by atoms with van der Waals surface area (Å²) < 4.78 is 0. The first-order valence-corrected chi connectivity index (χ1v) is 15.4. The van der Waals surface area contributed by atoms with Gasteiger partial charge in [0.25, 0.3) is 5.91 Å². The Balaban J connectivity index is 1.07. The monoisotopic (exact) mass is 587 g/mol. The number of fused-ring (bicyclic) bond motifs is 6. The van der Waals surface area contributed by atoms with Crippen LogP contribution in [0, 0.1) is 40.9 Å². The number of H-pyrrole nitrogens is 1. The molecule has 7 atom stereocenters. The van der Waals surface area contributed by atoms with E-state index in [1.54, 1.807) is 18.3 Å². The van der Waals surface area contributed by atoms with E-state index in [9.17, 15) is 24.9 Å². The van der Waals surface area contributed by atoms with E-state index in [0.717, 1.165) is 61.6 Å². The number of rotatable bonds is 7. The molecule has 43 heavy (non-hydrogen) atoms. The Kier molecular flexibility index (Phi) is 7.32. The van der Waals surface area contributed by atoms with Gasteiger partial charge in [0.2, 0.25) is 0 Å². The first kappa shape index (κ1) is 29.3. The highest BCUT2D eigenvalue weighted by atomic mass is 16.6. The number of allylic oxidation sites excluding steroid dienone is 2. The lowest BCUT2D eigenvalue weighted by molar-refractivity contribution is -0.142. The topological polar surface area (TPSA) is 144 Å². The van der Waals surface area contributed by atoms with Crippen molar-refractivity contribution in [2.24, 2.45) is 33.7 Å². The predicted molar refractivity (Wildman–Crippen MR) is 162 cm³/mol. The Morgan fingerprint density at radius 1 is 1.19 bits per heavy atom. The minimum absolute atomic E-state index is 0.0767. The summed E-state index contributed by atoms with van der Waals surface area (Å²) in [4.78, 5) is 32.9. The zero-order valence-corrected chi connectivity index (χ0v) is 24.9. The molecule has 4 aliphatic carbocycles. The molecule has 0 bridgehead atoms. The van der Waals surface area contributed by atoms with Crippen molar-refractivity contribution >= 4 is 28.5 Å². The second-order valence-electron chi connectivity index (χ2n) is 13.6. The molecule has 9 nitrogen and oxygen atoms in total. The zero-order valence-electron chi connectivity index (χ0n) is 24.9. The molecule has 0 saturated heterocycles. The number of terminal acetylenes is 1. The van der Waals surface area contributed by atoms with Crippen molar-refractivity contribution in [1.29, 1.82) is 0 Å². The van der Waals surface area contributed by atoms with Gasteiger partial charge in [-0.25, -0.2) is 4.79 Å². The predicted octanol–water partition coefficient (Wildman–Crippen LogP) is 4.69. The molecule has 1 heterocycles. The number of nitrogens with one attached hydrogen (secondary N) is 2. The SMILES string of the molecule is C#C[C@]1(O)CC[C@H]2[C@@H]3CCC4=C/C(=N/OCC(=O)N[C@H](Cc5c[nH]c6cc(O)ccc56)C(=O)O)CC[C@]4(C)[C@H]3CC[C@@]21C. The molecule has 1 aromatic carbocycles. The Labute approximate surface area is 251 Å². The van der Waals surface area contributed by atoms with Crippen LogP contribution in [0.2, 0.25) is 0 Å². The zero-order chi connectivity index (χ0) is 30.6. The van der Waals surface area contributed by atoms with E-state index in [1.165, 1.54) is 11.6 Å². The number of aliphatic carboxylic acids is 1. The molecule has 5 N–H and O–H groups in total. The number of nitrogens with zero attached hydrogens (tertiary/aromatic N) is 1. The molecule has 0 unspecified atom stereocenters. The molecule has 6 rings (SSSR count). The average Bonchev–Trinajstić information content (AvgIpc) is 3.49. The number of hydrogen-bond donors (Lipinski definition) is 5. The van der Waals surface area contributed by atoms with Gasteiger partial charge in [0.05, 0.1) is 5.71 Å². The lowest BCUT2D eigenvalue weighted by Gasteiger charge is -2.58. The van der Waals surface area contributed by atoms with Crippen LogP contribution in [0.3, 0.4) is 0 Å². The van der Waals surface area contributed by atoms with Crippen LogP contribution < -0.4 is 5.32 Å². The highest BCUT2D eigenvalue weighted by molar-refractivity contribution is 5.96. The third-order valence-corrected chi connectivity index (χ3v) is 11.6. The molecule has 3 fully saturated rings. The summed E-state index contributed by atoms with van der Waals surface area (Å²) >= 11 is 0. The van der Waals surface area contributed by atoms with E-state index in [4.69, 9.17) is 11.3 Å². The number of carbonyl (C=O) groups is 2. The van der Waals surface area contributed by atoms with Crippen LogP contribution >= 0.6 is 0 Å². The van der Waals surface area contributed by atoms with Crippen LogP contribution in [-0.2, 0) is 20.8 Å². The number of oxime groups is 1. The van der Waals surface area contributed by atoms with E-state index in [-0.39, 0.29) is 29.6 Å². The first-order chi connectivity index (χ1) is 20.5. The number of aliphatic hydroxyl groups is 1. The molecular formula is C34H41N3O6. The Hall–Kier alpha value is -3.77. The number of amides is 1. The number of aromatic hydroxyl groups is 1. The maximum atomic E-state index is 12.6. The fourth-order valence-electron chi connectivity index (χ4n) is 9.07. The van der Waals surface area contributed by atoms with Crippen molar-refractivity contribution in [2.45, 2.75) is 83.3 Å². The molecule has 1 aromatic heterocycles. The summed E-state index contributed by atoms with van der Waals surface area (Å²) in [5.41, 5.74) is 2.46. The van der Waals surface area contributed by atoms with Crippen LogP contribution in [0.15, 0.2) is 41.2 Å². The molecule has 1 amide bonds.